The SMILES string of the molecule is Cc1cccc(-c2cc3c(=O)oc4ccccc4c3o2)c1. The van der Waals surface area contributed by atoms with Crippen LogP contribution in [0.3, 0.4) is 0 Å². The molecule has 0 N–H and O–H groups in total. The van der Waals surface area contributed by atoms with Gasteiger partial charge in [-0.2, -0.15) is 0 Å². The number of hydrogen-bond donors (Lipinski definition) is 0. The third-order valence-corrected chi connectivity index (χ3v) is 3.59. The molecular weight excluding hydrogens is 264 g/mol. The lowest BCUT2D eigenvalue weighted by atomic mass is 10.1. The zero-order valence-electron chi connectivity index (χ0n) is 11.4. The Morgan fingerprint density at radius 3 is 2.57 bits per heavy atom. The normalized spacial score (nSPS) is 11.3. The second-order valence-electron chi connectivity index (χ2n) is 5.11. The molecule has 0 radical (unpaired) electrons. The first kappa shape index (κ1) is 12.0. The molecule has 0 spiro atoms. The number of rotatable bonds is 1. The molecule has 3 nitrogen and oxygen atoms in total. The molecule has 0 amide bonds. The van der Waals surface area contributed by atoms with Gasteiger partial charge in [0, 0.05) is 5.56 Å². The van der Waals surface area contributed by atoms with Gasteiger partial charge in [0.2, 0.25) is 0 Å². The molecule has 0 saturated heterocycles. The molecule has 3 heteroatoms. The Kier molecular flexibility index (Phi) is 2.48. The molecule has 0 unspecified atom stereocenters. The van der Waals surface area contributed by atoms with E-state index in [2.05, 4.69) is 0 Å². The van der Waals surface area contributed by atoms with Crippen molar-refractivity contribution < 1.29 is 8.83 Å². The van der Waals surface area contributed by atoms with Gasteiger partial charge >= 0.3 is 5.63 Å². The summed E-state index contributed by atoms with van der Waals surface area (Å²) >= 11 is 0. The highest BCUT2D eigenvalue weighted by Gasteiger charge is 2.14. The molecule has 0 saturated carbocycles. The largest absolute Gasteiger partial charge is 0.455 e. The average molecular weight is 276 g/mol. The van der Waals surface area contributed by atoms with E-state index in [0.29, 0.717) is 22.3 Å². The number of fused-ring (bicyclic) bond motifs is 3. The van der Waals surface area contributed by atoms with Crippen molar-refractivity contribution >= 4 is 21.9 Å². The standard InChI is InChI=1S/C18H12O3/c1-11-5-4-6-12(9-11)16-10-14-17(20-16)13-7-2-3-8-15(13)21-18(14)19/h2-10H,1H3. The van der Waals surface area contributed by atoms with Crippen molar-refractivity contribution in [1.29, 1.82) is 0 Å². The third-order valence-electron chi connectivity index (χ3n) is 3.59. The Morgan fingerprint density at radius 2 is 1.71 bits per heavy atom. The van der Waals surface area contributed by atoms with Crippen LogP contribution in [0.15, 0.2) is 68.2 Å². The van der Waals surface area contributed by atoms with Crippen molar-refractivity contribution in [3.8, 4) is 11.3 Å². The topological polar surface area (TPSA) is 43.4 Å². The predicted octanol–water partition coefficient (Wildman–Crippen LogP) is 4.51. The van der Waals surface area contributed by atoms with Gasteiger partial charge in [-0.05, 0) is 31.2 Å². The maximum absolute atomic E-state index is 12.1. The van der Waals surface area contributed by atoms with E-state index >= 15 is 0 Å². The molecular formula is C18H12O3. The Labute approximate surface area is 120 Å². The van der Waals surface area contributed by atoms with Gasteiger partial charge in [-0.3, -0.25) is 0 Å². The fourth-order valence-corrected chi connectivity index (χ4v) is 2.58. The minimum absolute atomic E-state index is 0.369. The van der Waals surface area contributed by atoms with Gasteiger partial charge in [-0.25, -0.2) is 4.79 Å². The quantitative estimate of drug-likeness (QED) is 0.480. The highest BCUT2D eigenvalue weighted by molar-refractivity contribution is 6.01. The van der Waals surface area contributed by atoms with Crippen molar-refractivity contribution in [1.82, 2.24) is 0 Å². The number of benzene rings is 2. The minimum atomic E-state index is -0.369. The first-order valence-corrected chi connectivity index (χ1v) is 6.75. The van der Waals surface area contributed by atoms with Crippen molar-refractivity contribution in [2.24, 2.45) is 0 Å². The third kappa shape index (κ3) is 1.86. The van der Waals surface area contributed by atoms with Crippen LogP contribution >= 0.6 is 0 Å². The lowest BCUT2D eigenvalue weighted by Gasteiger charge is -1.98. The van der Waals surface area contributed by atoms with Crippen molar-refractivity contribution in [2.75, 3.05) is 0 Å². The van der Waals surface area contributed by atoms with Crippen molar-refractivity contribution in [2.45, 2.75) is 6.92 Å². The van der Waals surface area contributed by atoms with Gasteiger partial charge in [0.05, 0.1) is 5.39 Å². The highest BCUT2D eigenvalue weighted by atomic mass is 16.4. The van der Waals surface area contributed by atoms with Crippen molar-refractivity contribution in [3.63, 3.8) is 0 Å². The average Bonchev–Trinajstić information content (AvgIpc) is 2.93. The van der Waals surface area contributed by atoms with E-state index in [-0.39, 0.29) is 5.63 Å². The number of para-hydroxylation sites is 1. The van der Waals surface area contributed by atoms with Gasteiger partial charge in [0.25, 0.3) is 0 Å². The number of hydrogen-bond acceptors (Lipinski definition) is 3. The number of furan rings is 1. The van der Waals surface area contributed by atoms with Crippen LogP contribution < -0.4 is 5.63 Å². The highest BCUT2D eigenvalue weighted by Crippen LogP contribution is 2.31. The molecule has 0 aliphatic carbocycles. The lowest BCUT2D eigenvalue weighted by Crippen LogP contribution is -1.97. The maximum atomic E-state index is 12.1. The van der Waals surface area contributed by atoms with Gasteiger partial charge in [0.1, 0.15) is 16.7 Å². The maximum Gasteiger partial charge on any atom is 0.347 e. The fourth-order valence-electron chi connectivity index (χ4n) is 2.58. The monoisotopic (exact) mass is 276 g/mol. The van der Waals surface area contributed by atoms with E-state index in [1.165, 1.54) is 0 Å². The van der Waals surface area contributed by atoms with Crippen LogP contribution in [-0.4, -0.2) is 0 Å². The van der Waals surface area contributed by atoms with Crippen LogP contribution in [0.25, 0.3) is 33.3 Å². The Morgan fingerprint density at radius 1 is 0.857 bits per heavy atom. The van der Waals surface area contributed by atoms with Crippen LogP contribution in [0.2, 0.25) is 0 Å². The van der Waals surface area contributed by atoms with E-state index in [1.807, 2.05) is 49.4 Å². The van der Waals surface area contributed by atoms with Gasteiger partial charge in [0.15, 0.2) is 5.58 Å². The first-order valence-electron chi connectivity index (χ1n) is 6.75. The molecule has 21 heavy (non-hydrogen) atoms. The van der Waals surface area contributed by atoms with Crippen LogP contribution in [-0.2, 0) is 0 Å². The molecule has 0 fully saturated rings. The lowest BCUT2D eigenvalue weighted by molar-refractivity contribution is 0.565. The summed E-state index contributed by atoms with van der Waals surface area (Å²) in [5.74, 6) is 0.678. The number of aryl methyl sites for hydroxylation is 1. The van der Waals surface area contributed by atoms with Crippen molar-refractivity contribution in [3.05, 3.63) is 70.6 Å². The zero-order valence-corrected chi connectivity index (χ0v) is 11.4. The molecule has 2 aromatic heterocycles. The van der Waals surface area contributed by atoms with Gasteiger partial charge in [-0.15, -0.1) is 0 Å². The summed E-state index contributed by atoms with van der Waals surface area (Å²) < 4.78 is 11.3. The first-order chi connectivity index (χ1) is 10.2. The minimum Gasteiger partial charge on any atom is -0.455 e. The van der Waals surface area contributed by atoms with E-state index in [9.17, 15) is 4.79 Å². The van der Waals surface area contributed by atoms with E-state index < -0.39 is 0 Å². The molecule has 2 aromatic carbocycles. The molecule has 0 atom stereocenters. The molecule has 2 heterocycles. The summed E-state index contributed by atoms with van der Waals surface area (Å²) in [6.45, 7) is 2.02. The van der Waals surface area contributed by atoms with Crippen LogP contribution in [0.4, 0.5) is 0 Å². The van der Waals surface area contributed by atoms with Crippen LogP contribution in [0, 0.1) is 6.92 Å². The van der Waals surface area contributed by atoms with E-state index in [4.69, 9.17) is 8.83 Å². The summed E-state index contributed by atoms with van der Waals surface area (Å²) in [6, 6.07) is 17.1. The van der Waals surface area contributed by atoms with E-state index in [0.717, 1.165) is 16.5 Å². The molecule has 4 aromatic rings. The molecule has 102 valence electrons. The summed E-state index contributed by atoms with van der Waals surface area (Å²) in [5, 5.41) is 1.29. The Hall–Kier alpha value is -2.81. The molecule has 0 bridgehead atoms. The second-order valence-corrected chi connectivity index (χ2v) is 5.11. The van der Waals surface area contributed by atoms with Gasteiger partial charge < -0.3 is 8.83 Å². The van der Waals surface area contributed by atoms with Crippen LogP contribution in [0.5, 0.6) is 0 Å². The summed E-state index contributed by atoms with van der Waals surface area (Å²) in [4.78, 5) is 12.1. The molecule has 0 aliphatic heterocycles. The van der Waals surface area contributed by atoms with Crippen LogP contribution in [0.1, 0.15) is 5.56 Å². The van der Waals surface area contributed by atoms with Gasteiger partial charge in [-0.1, -0.05) is 35.9 Å². The predicted molar refractivity (Wildman–Crippen MR) is 82.4 cm³/mol. The second kappa shape index (κ2) is 4.35. The summed E-state index contributed by atoms with van der Waals surface area (Å²) in [7, 11) is 0. The van der Waals surface area contributed by atoms with E-state index in [1.54, 1.807) is 12.1 Å². The Balaban J connectivity index is 2.08. The summed E-state index contributed by atoms with van der Waals surface area (Å²) in [6.07, 6.45) is 0. The summed E-state index contributed by atoms with van der Waals surface area (Å²) in [5.41, 5.74) is 2.85. The molecule has 4 rings (SSSR count). The molecule has 0 aliphatic rings. The zero-order chi connectivity index (χ0) is 14.4. The Bertz CT molecular complexity index is 1020. The fraction of sp³-hybridized carbons (Fsp3) is 0.0556. The smallest absolute Gasteiger partial charge is 0.347 e.